The van der Waals surface area contributed by atoms with E-state index in [9.17, 15) is 9.90 Å². The Morgan fingerprint density at radius 2 is 1.88 bits per heavy atom. The van der Waals surface area contributed by atoms with Gasteiger partial charge in [-0.05, 0) is 76.1 Å². The second-order valence-electron chi connectivity index (χ2n) is 7.41. The van der Waals surface area contributed by atoms with Gasteiger partial charge in [-0.25, -0.2) is 0 Å². The highest BCUT2D eigenvalue weighted by atomic mass is 32.1. The van der Waals surface area contributed by atoms with Gasteiger partial charge in [-0.2, -0.15) is 0 Å². The molecule has 0 radical (unpaired) electrons. The topological polar surface area (TPSA) is 52.6 Å². The normalized spacial score (nSPS) is 21.9. The smallest absolute Gasteiger partial charge is 0.227 e. The zero-order valence-electron chi connectivity index (χ0n) is 14.9. The number of aliphatic hydroxyl groups excluding tert-OH is 1. The molecular formula is C19H30N2O2S. The average Bonchev–Trinajstić information content (AvgIpc) is 2.92. The summed E-state index contributed by atoms with van der Waals surface area (Å²) in [5, 5.41) is 14.0. The van der Waals surface area contributed by atoms with Crippen LogP contribution in [0.1, 0.15) is 41.0 Å². The molecule has 134 valence electrons. The van der Waals surface area contributed by atoms with E-state index in [2.05, 4.69) is 25.2 Å². The van der Waals surface area contributed by atoms with E-state index in [4.69, 9.17) is 0 Å². The number of likely N-dealkylation sites (tertiary alicyclic amines) is 1. The van der Waals surface area contributed by atoms with Gasteiger partial charge in [0.15, 0.2) is 0 Å². The van der Waals surface area contributed by atoms with E-state index >= 15 is 0 Å². The molecule has 5 heteroatoms. The summed E-state index contributed by atoms with van der Waals surface area (Å²) < 4.78 is 0. The lowest BCUT2D eigenvalue weighted by atomic mass is 9.80. The third-order valence-electron chi connectivity index (χ3n) is 5.73. The maximum atomic E-state index is 12.6. The molecule has 3 rings (SSSR count). The minimum atomic E-state index is -0.189. The van der Waals surface area contributed by atoms with Crippen LogP contribution in [0.2, 0.25) is 0 Å². The van der Waals surface area contributed by atoms with Gasteiger partial charge in [0.25, 0.3) is 0 Å². The van der Waals surface area contributed by atoms with Crippen molar-refractivity contribution in [1.82, 2.24) is 10.2 Å². The summed E-state index contributed by atoms with van der Waals surface area (Å²) in [5.74, 6) is 1.04. The Hall–Kier alpha value is -0.910. The van der Waals surface area contributed by atoms with Crippen LogP contribution in [0.4, 0.5) is 0 Å². The second kappa shape index (κ2) is 7.98. The molecule has 2 N–H and O–H groups in total. The fourth-order valence-corrected chi connectivity index (χ4v) is 5.14. The molecule has 1 amide bonds. The Morgan fingerprint density at radius 3 is 2.46 bits per heavy atom. The van der Waals surface area contributed by atoms with Crippen molar-refractivity contribution >= 4 is 17.2 Å². The van der Waals surface area contributed by atoms with E-state index in [-0.39, 0.29) is 12.0 Å². The first-order chi connectivity index (χ1) is 11.5. The summed E-state index contributed by atoms with van der Waals surface area (Å²) in [5.41, 5.74) is 1.18. The summed E-state index contributed by atoms with van der Waals surface area (Å²) in [7, 11) is 0. The molecule has 1 atom stereocenters. The molecule has 0 aromatic carbocycles. The number of piperidine rings is 2. The summed E-state index contributed by atoms with van der Waals surface area (Å²) in [6.45, 7) is 7.85. The predicted octanol–water partition coefficient (Wildman–Crippen LogP) is 2.51. The van der Waals surface area contributed by atoms with Crippen LogP contribution in [0.3, 0.4) is 0 Å². The van der Waals surface area contributed by atoms with Crippen molar-refractivity contribution in [2.75, 3.05) is 26.2 Å². The quantitative estimate of drug-likeness (QED) is 0.877. The lowest BCUT2D eigenvalue weighted by molar-refractivity contribution is -0.132. The number of nitrogens with one attached hydrogen (secondary N) is 1. The number of nitrogens with zero attached hydrogens (tertiary/aromatic N) is 1. The SMILES string of the molecule is Cc1cc(CC(=O)N2CCC(C(O)C3CCNCC3)CC2)c(C)s1. The Labute approximate surface area is 149 Å². The molecule has 0 bridgehead atoms. The van der Waals surface area contributed by atoms with Gasteiger partial charge in [0.2, 0.25) is 5.91 Å². The Morgan fingerprint density at radius 1 is 1.25 bits per heavy atom. The van der Waals surface area contributed by atoms with Crippen LogP contribution in [-0.2, 0) is 11.2 Å². The van der Waals surface area contributed by atoms with Gasteiger partial charge in [-0.15, -0.1) is 11.3 Å². The number of carbonyl (C=O) groups is 1. The molecule has 4 nitrogen and oxygen atoms in total. The van der Waals surface area contributed by atoms with Gasteiger partial charge in [0.1, 0.15) is 0 Å². The van der Waals surface area contributed by atoms with Crippen molar-refractivity contribution in [3.05, 3.63) is 21.4 Å². The number of hydrogen-bond donors (Lipinski definition) is 2. The molecule has 2 fully saturated rings. The lowest BCUT2D eigenvalue weighted by Crippen LogP contribution is -2.45. The van der Waals surface area contributed by atoms with Crippen LogP contribution in [0.15, 0.2) is 6.07 Å². The molecule has 1 aromatic heterocycles. The Bertz CT molecular complexity index is 558. The fourth-order valence-electron chi connectivity index (χ4n) is 4.19. The van der Waals surface area contributed by atoms with Gasteiger partial charge in [0, 0.05) is 22.8 Å². The molecule has 0 spiro atoms. The van der Waals surface area contributed by atoms with E-state index in [1.807, 2.05) is 4.90 Å². The number of aryl methyl sites for hydroxylation is 2. The first kappa shape index (κ1) is 17.9. The molecule has 24 heavy (non-hydrogen) atoms. The first-order valence-corrected chi connectivity index (χ1v) is 10.1. The second-order valence-corrected chi connectivity index (χ2v) is 8.87. The standard InChI is InChI=1S/C19H30N2O2S/c1-13-11-17(14(2)24-13)12-18(22)21-9-5-16(6-10-21)19(23)15-3-7-20-8-4-15/h11,15-16,19-20,23H,3-10,12H2,1-2H3. The fraction of sp³-hybridized carbons (Fsp3) is 0.737. The lowest BCUT2D eigenvalue weighted by Gasteiger charge is -2.38. The number of amides is 1. The maximum Gasteiger partial charge on any atom is 0.227 e. The summed E-state index contributed by atoms with van der Waals surface area (Å²) >= 11 is 1.77. The van der Waals surface area contributed by atoms with E-state index in [1.54, 1.807) is 11.3 Å². The monoisotopic (exact) mass is 350 g/mol. The van der Waals surface area contributed by atoms with E-state index in [0.29, 0.717) is 18.3 Å². The zero-order chi connectivity index (χ0) is 17.1. The maximum absolute atomic E-state index is 12.6. The van der Waals surface area contributed by atoms with Crippen molar-refractivity contribution in [3.8, 4) is 0 Å². The summed E-state index contributed by atoms with van der Waals surface area (Å²) in [6.07, 6.45) is 4.38. The van der Waals surface area contributed by atoms with Gasteiger partial charge in [0.05, 0.1) is 12.5 Å². The van der Waals surface area contributed by atoms with Crippen LogP contribution >= 0.6 is 11.3 Å². The first-order valence-electron chi connectivity index (χ1n) is 9.27. The molecule has 2 aliphatic heterocycles. The van der Waals surface area contributed by atoms with Gasteiger partial charge >= 0.3 is 0 Å². The van der Waals surface area contributed by atoms with Crippen LogP contribution in [0.25, 0.3) is 0 Å². The molecule has 0 aliphatic carbocycles. The third-order valence-corrected chi connectivity index (χ3v) is 6.74. The highest BCUT2D eigenvalue weighted by Crippen LogP contribution is 2.29. The zero-order valence-corrected chi connectivity index (χ0v) is 15.7. The van der Waals surface area contributed by atoms with Crippen molar-refractivity contribution in [1.29, 1.82) is 0 Å². The van der Waals surface area contributed by atoms with Crippen molar-refractivity contribution in [2.24, 2.45) is 11.8 Å². The highest BCUT2D eigenvalue weighted by Gasteiger charge is 2.32. The van der Waals surface area contributed by atoms with Crippen LogP contribution in [0, 0.1) is 25.7 Å². The molecule has 3 heterocycles. The van der Waals surface area contributed by atoms with Gasteiger partial charge in [-0.1, -0.05) is 0 Å². The van der Waals surface area contributed by atoms with Crippen molar-refractivity contribution in [3.63, 3.8) is 0 Å². The van der Waals surface area contributed by atoms with Crippen molar-refractivity contribution < 1.29 is 9.90 Å². The largest absolute Gasteiger partial charge is 0.393 e. The minimum absolute atomic E-state index is 0.189. The highest BCUT2D eigenvalue weighted by molar-refractivity contribution is 7.12. The molecule has 1 aromatic rings. The molecule has 2 saturated heterocycles. The predicted molar refractivity (Wildman–Crippen MR) is 98.4 cm³/mol. The van der Waals surface area contributed by atoms with Crippen LogP contribution < -0.4 is 5.32 Å². The number of hydrogen-bond acceptors (Lipinski definition) is 4. The number of carbonyl (C=O) groups excluding carboxylic acids is 1. The Balaban J connectivity index is 1.49. The van der Waals surface area contributed by atoms with E-state index in [0.717, 1.165) is 51.9 Å². The third kappa shape index (κ3) is 4.19. The number of thiophene rings is 1. The molecular weight excluding hydrogens is 320 g/mol. The summed E-state index contributed by atoms with van der Waals surface area (Å²) in [4.78, 5) is 17.1. The van der Waals surface area contributed by atoms with Gasteiger partial charge < -0.3 is 15.3 Å². The minimum Gasteiger partial charge on any atom is -0.393 e. The van der Waals surface area contributed by atoms with Crippen LogP contribution in [0.5, 0.6) is 0 Å². The van der Waals surface area contributed by atoms with Crippen molar-refractivity contribution in [2.45, 2.75) is 52.1 Å². The number of rotatable bonds is 4. The van der Waals surface area contributed by atoms with Gasteiger partial charge in [-0.3, -0.25) is 4.79 Å². The number of aliphatic hydroxyl groups is 1. The molecule has 2 aliphatic rings. The van der Waals surface area contributed by atoms with E-state index < -0.39 is 0 Å². The average molecular weight is 351 g/mol. The summed E-state index contributed by atoms with van der Waals surface area (Å²) in [6, 6.07) is 2.14. The van der Waals surface area contributed by atoms with E-state index in [1.165, 1.54) is 15.3 Å². The van der Waals surface area contributed by atoms with Crippen LogP contribution in [-0.4, -0.2) is 48.2 Å². The molecule has 1 unspecified atom stereocenters. The molecule has 0 saturated carbocycles. The Kier molecular flexibility index (Phi) is 5.95.